The van der Waals surface area contributed by atoms with Crippen molar-refractivity contribution in [3.63, 3.8) is 0 Å². The molecule has 2 aliphatic heterocycles. The van der Waals surface area contributed by atoms with E-state index in [1.807, 2.05) is 12.1 Å². The smallest absolute Gasteiger partial charge is 0.260 e. The maximum Gasteiger partial charge on any atom is 0.260 e. The summed E-state index contributed by atoms with van der Waals surface area (Å²) in [5.74, 6) is 3.31. The number of rotatable bonds is 3. The molecule has 10 rings (SSSR count). The summed E-state index contributed by atoms with van der Waals surface area (Å²) in [4.78, 5) is 2.28. The zero-order valence-electron chi connectivity index (χ0n) is 26.0. The highest BCUT2D eigenvalue weighted by atomic mass is 16.5. The van der Waals surface area contributed by atoms with Crippen molar-refractivity contribution in [3.05, 3.63) is 145 Å². The predicted molar refractivity (Wildman–Crippen MR) is 193 cm³/mol. The molecule has 0 fully saturated rings. The van der Waals surface area contributed by atoms with E-state index < -0.39 is 0 Å². The first kappa shape index (κ1) is 26.3. The summed E-state index contributed by atoms with van der Waals surface area (Å²) in [7, 11) is 0. The number of fused-ring (bicyclic) bond motifs is 9. The molecule has 0 N–H and O–H groups in total. The Morgan fingerprint density at radius 1 is 0.511 bits per heavy atom. The van der Waals surface area contributed by atoms with Crippen LogP contribution in [0.5, 0.6) is 23.0 Å². The minimum Gasteiger partial charge on any atom is -0.458 e. The van der Waals surface area contributed by atoms with Crippen molar-refractivity contribution < 1.29 is 13.9 Å². The van der Waals surface area contributed by atoms with Crippen LogP contribution in [-0.2, 0) is 0 Å². The van der Waals surface area contributed by atoms with Gasteiger partial charge in [0.25, 0.3) is 6.71 Å². The number of aryl methyl sites for hydroxylation is 2. The Morgan fingerprint density at radius 3 is 1.85 bits per heavy atom. The Hall–Kier alpha value is -5.94. The van der Waals surface area contributed by atoms with Crippen molar-refractivity contribution in [2.45, 2.75) is 13.8 Å². The molecule has 0 atom stereocenters. The van der Waals surface area contributed by atoms with Gasteiger partial charge in [0, 0.05) is 33.3 Å². The second-order valence-electron chi connectivity index (χ2n) is 12.7. The molecule has 4 nitrogen and oxygen atoms in total. The lowest BCUT2D eigenvalue weighted by Crippen LogP contribution is -2.57. The number of ether oxygens (including phenoxy) is 2. The second-order valence-corrected chi connectivity index (χ2v) is 12.7. The normalized spacial score (nSPS) is 12.8. The third kappa shape index (κ3) is 3.96. The van der Waals surface area contributed by atoms with Crippen LogP contribution in [0.2, 0.25) is 0 Å². The Bertz CT molecular complexity index is 2500. The first-order valence-electron chi connectivity index (χ1n) is 16.0. The number of furan rings is 1. The van der Waals surface area contributed by atoms with Crippen LogP contribution in [0.15, 0.2) is 138 Å². The van der Waals surface area contributed by atoms with Gasteiger partial charge in [0.15, 0.2) is 11.3 Å². The topological polar surface area (TPSA) is 34.8 Å². The third-order valence-corrected chi connectivity index (χ3v) is 9.62. The highest BCUT2D eigenvalue weighted by Crippen LogP contribution is 2.45. The lowest BCUT2D eigenvalue weighted by atomic mass is 9.34. The fourth-order valence-corrected chi connectivity index (χ4v) is 7.48. The van der Waals surface area contributed by atoms with Crippen LogP contribution >= 0.6 is 0 Å². The number of anilines is 3. The first-order chi connectivity index (χ1) is 23.1. The SMILES string of the molecule is Cc1ccc2c(c1)B1c3cc(C)ccc3Oc3c1c(cc1c3oc3cc4cc(N(c5ccccc5)c5ccccc5)ccc4cc31)O2. The summed E-state index contributed by atoms with van der Waals surface area (Å²) in [6.07, 6.45) is 0. The molecular formula is C42H28BNO3. The lowest BCUT2D eigenvalue weighted by Gasteiger charge is -2.33. The highest BCUT2D eigenvalue weighted by Gasteiger charge is 2.42. The second kappa shape index (κ2) is 9.78. The molecule has 3 heterocycles. The van der Waals surface area contributed by atoms with Gasteiger partial charge in [0.1, 0.15) is 22.8 Å². The molecule has 1 aromatic heterocycles. The monoisotopic (exact) mass is 605 g/mol. The molecule has 7 aromatic carbocycles. The van der Waals surface area contributed by atoms with Crippen LogP contribution in [0.4, 0.5) is 17.1 Å². The van der Waals surface area contributed by atoms with Crippen molar-refractivity contribution in [2.75, 3.05) is 4.90 Å². The summed E-state index contributed by atoms with van der Waals surface area (Å²) in [6.45, 7) is 4.25. The molecule has 0 spiro atoms. The Balaban J connectivity index is 1.18. The van der Waals surface area contributed by atoms with Crippen LogP contribution in [0, 0.1) is 13.8 Å². The number of hydrogen-bond donors (Lipinski definition) is 0. The average molecular weight is 606 g/mol. The fraction of sp³-hybridized carbons (Fsp3) is 0.0476. The van der Waals surface area contributed by atoms with E-state index in [0.29, 0.717) is 0 Å². The highest BCUT2D eigenvalue weighted by molar-refractivity contribution is 6.98. The number of nitrogens with zero attached hydrogens (tertiary/aromatic N) is 1. The third-order valence-electron chi connectivity index (χ3n) is 9.62. The van der Waals surface area contributed by atoms with Crippen molar-refractivity contribution in [1.82, 2.24) is 0 Å². The molecule has 0 unspecified atom stereocenters. The largest absolute Gasteiger partial charge is 0.458 e. The summed E-state index contributed by atoms with van der Waals surface area (Å²) >= 11 is 0. The van der Waals surface area contributed by atoms with Crippen LogP contribution in [0.1, 0.15) is 11.1 Å². The molecule has 0 radical (unpaired) electrons. The predicted octanol–water partition coefficient (Wildman–Crippen LogP) is 9.55. The molecule has 8 aromatic rings. The van der Waals surface area contributed by atoms with Crippen LogP contribution in [0.25, 0.3) is 32.7 Å². The van der Waals surface area contributed by atoms with Gasteiger partial charge in [-0.15, -0.1) is 0 Å². The molecule has 0 saturated heterocycles. The molecule has 0 amide bonds. The van der Waals surface area contributed by atoms with E-state index in [4.69, 9.17) is 13.9 Å². The van der Waals surface area contributed by atoms with E-state index in [9.17, 15) is 0 Å². The van der Waals surface area contributed by atoms with Crippen LogP contribution in [0.3, 0.4) is 0 Å². The van der Waals surface area contributed by atoms with Gasteiger partial charge in [-0.3, -0.25) is 0 Å². The van der Waals surface area contributed by atoms with Gasteiger partial charge >= 0.3 is 0 Å². The summed E-state index contributed by atoms with van der Waals surface area (Å²) in [5, 5.41) is 4.26. The van der Waals surface area contributed by atoms with E-state index in [1.165, 1.54) is 11.1 Å². The van der Waals surface area contributed by atoms with Gasteiger partial charge in [0.05, 0.1) is 0 Å². The Kier molecular flexibility index (Phi) is 5.47. The molecule has 47 heavy (non-hydrogen) atoms. The van der Waals surface area contributed by atoms with E-state index in [0.717, 1.165) is 89.2 Å². The Morgan fingerprint density at radius 2 is 1.17 bits per heavy atom. The zero-order chi connectivity index (χ0) is 31.2. The summed E-state index contributed by atoms with van der Waals surface area (Å²) in [6, 6.07) is 47.0. The molecule has 0 aliphatic carbocycles. The molecular weight excluding hydrogens is 577 g/mol. The van der Waals surface area contributed by atoms with Crippen molar-refractivity contribution in [2.24, 2.45) is 0 Å². The average Bonchev–Trinajstić information content (AvgIpc) is 3.45. The van der Waals surface area contributed by atoms with Gasteiger partial charge in [0.2, 0.25) is 0 Å². The number of para-hydroxylation sites is 2. The maximum atomic E-state index is 6.76. The fourth-order valence-electron chi connectivity index (χ4n) is 7.48. The van der Waals surface area contributed by atoms with Gasteiger partial charge in [-0.2, -0.15) is 0 Å². The number of hydrogen-bond acceptors (Lipinski definition) is 4. The van der Waals surface area contributed by atoms with E-state index in [2.05, 4.69) is 140 Å². The number of benzene rings is 7. The maximum absolute atomic E-state index is 6.76. The minimum atomic E-state index is -0.00602. The van der Waals surface area contributed by atoms with Crippen molar-refractivity contribution >= 4 is 72.9 Å². The zero-order valence-corrected chi connectivity index (χ0v) is 26.0. The standard InChI is InChI=1S/C42H28BNO3/c1-25-13-17-36-34(19-25)43-35-20-26(2)14-18-37(35)46-42-40(43)39(45-36)24-33-32-22-27-15-16-31(21-28(27)23-38(32)47-41(33)42)44(29-9-5-3-6-10-29)30-11-7-4-8-12-30/h3-24H,1-2H3. The summed E-state index contributed by atoms with van der Waals surface area (Å²) < 4.78 is 20.1. The molecule has 0 saturated carbocycles. The molecule has 2 aliphatic rings. The molecule has 222 valence electrons. The lowest BCUT2D eigenvalue weighted by molar-refractivity contribution is 0.462. The van der Waals surface area contributed by atoms with Gasteiger partial charge in [-0.05, 0) is 102 Å². The van der Waals surface area contributed by atoms with Gasteiger partial charge in [-0.1, -0.05) is 77.9 Å². The van der Waals surface area contributed by atoms with Gasteiger partial charge < -0.3 is 18.8 Å². The van der Waals surface area contributed by atoms with Crippen molar-refractivity contribution in [1.29, 1.82) is 0 Å². The van der Waals surface area contributed by atoms with E-state index >= 15 is 0 Å². The van der Waals surface area contributed by atoms with Crippen LogP contribution < -0.4 is 30.8 Å². The van der Waals surface area contributed by atoms with Crippen molar-refractivity contribution in [3.8, 4) is 23.0 Å². The Labute approximate surface area is 272 Å². The van der Waals surface area contributed by atoms with Crippen LogP contribution in [-0.4, -0.2) is 6.71 Å². The quantitative estimate of drug-likeness (QED) is 0.188. The van der Waals surface area contributed by atoms with Gasteiger partial charge in [-0.25, -0.2) is 0 Å². The summed E-state index contributed by atoms with van der Waals surface area (Å²) in [5.41, 5.74) is 10.6. The first-order valence-corrected chi connectivity index (χ1v) is 16.0. The van der Waals surface area contributed by atoms with E-state index in [-0.39, 0.29) is 6.71 Å². The molecule has 5 heteroatoms. The molecule has 0 bridgehead atoms. The van der Waals surface area contributed by atoms with E-state index in [1.54, 1.807) is 0 Å². The minimum absolute atomic E-state index is 0.00602.